The third-order valence-corrected chi connectivity index (χ3v) is 5.22. The third-order valence-electron chi connectivity index (χ3n) is 3.29. The van der Waals surface area contributed by atoms with Crippen LogP contribution in [0.5, 0.6) is 0 Å². The fourth-order valence-electron chi connectivity index (χ4n) is 2.27. The summed E-state index contributed by atoms with van der Waals surface area (Å²) in [4.78, 5) is 0.370. The van der Waals surface area contributed by atoms with Gasteiger partial charge in [0.1, 0.15) is 0 Å². The smallest absolute Gasteiger partial charge is 0.180 e. The maximum absolute atomic E-state index is 12.5. The zero-order valence-electron chi connectivity index (χ0n) is 11.7. The molecule has 0 heterocycles. The average Bonchev–Trinajstić information content (AvgIpc) is 2.38. The Kier molecular flexibility index (Phi) is 4.26. The maximum atomic E-state index is 12.5. The molecule has 2 aromatic rings. The van der Waals surface area contributed by atoms with Crippen molar-refractivity contribution in [1.82, 2.24) is 0 Å². The Morgan fingerprint density at radius 3 is 2.30 bits per heavy atom. The number of sulfone groups is 1. The lowest BCUT2D eigenvalue weighted by molar-refractivity contribution is 0.588. The lowest BCUT2D eigenvalue weighted by atomic mass is 10.1. The van der Waals surface area contributed by atoms with Crippen molar-refractivity contribution in [3.05, 3.63) is 65.2 Å². The highest BCUT2D eigenvalue weighted by Gasteiger charge is 2.21. The van der Waals surface area contributed by atoms with Crippen molar-refractivity contribution in [3.8, 4) is 0 Å². The van der Waals surface area contributed by atoms with Gasteiger partial charge in [0, 0.05) is 6.04 Å². The van der Waals surface area contributed by atoms with E-state index in [1.807, 2.05) is 56.3 Å². The van der Waals surface area contributed by atoms with E-state index >= 15 is 0 Å². The van der Waals surface area contributed by atoms with Gasteiger partial charge >= 0.3 is 0 Å². The predicted octanol–water partition coefficient (Wildman–Crippen LogP) is 2.78. The third kappa shape index (κ3) is 3.26. The normalized spacial score (nSPS) is 13.2. The fourth-order valence-corrected chi connectivity index (χ4v) is 3.94. The summed E-state index contributed by atoms with van der Waals surface area (Å²) < 4.78 is 24.9. The first-order valence-electron chi connectivity index (χ1n) is 6.51. The van der Waals surface area contributed by atoms with Crippen LogP contribution in [-0.4, -0.2) is 14.2 Å². The van der Waals surface area contributed by atoms with Crippen molar-refractivity contribution < 1.29 is 8.42 Å². The number of hydrogen-bond acceptors (Lipinski definition) is 3. The maximum Gasteiger partial charge on any atom is 0.180 e. The summed E-state index contributed by atoms with van der Waals surface area (Å²) in [7, 11) is -3.38. The molecule has 0 aliphatic rings. The number of benzene rings is 2. The van der Waals surface area contributed by atoms with Crippen LogP contribution in [-0.2, 0) is 9.84 Å². The second-order valence-corrected chi connectivity index (χ2v) is 7.07. The highest BCUT2D eigenvalue weighted by atomic mass is 32.2. The highest BCUT2D eigenvalue weighted by Crippen LogP contribution is 2.21. The molecule has 0 aliphatic carbocycles. The van der Waals surface area contributed by atoms with Crippen LogP contribution in [0.3, 0.4) is 0 Å². The molecule has 2 rings (SSSR count). The van der Waals surface area contributed by atoms with E-state index in [1.165, 1.54) is 0 Å². The van der Waals surface area contributed by atoms with Gasteiger partial charge in [0.15, 0.2) is 9.84 Å². The van der Waals surface area contributed by atoms with Crippen molar-refractivity contribution in [3.63, 3.8) is 0 Å². The van der Waals surface area contributed by atoms with Crippen molar-refractivity contribution in [1.29, 1.82) is 0 Å². The lowest BCUT2D eigenvalue weighted by Crippen LogP contribution is -2.22. The van der Waals surface area contributed by atoms with Crippen molar-refractivity contribution in [2.45, 2.75) is 24.8 Å². The zero-order valence-corrected chi connectivity index (χ0v) is 12.5. The van der Waals surface area contributed by atoms with Crippen LogP contribution >= 0.6 is 0 Å². The summed E-state index contributed by atoms with van der Waals surface area (Å²) in [5, 5.41) is 0. The van der Waals surface area contributed by atoms with Crippen LogP contribution in [0.15, 0.2) is 53.4 Å². The number of aryl methyl sites for hydroxylation is 2. The molecule has 0 saturated carbocycles. The Labute approximate surface area is 120 Å². The minimum absolute atomic E-state index is 0.0824. The van der Waals surface area contributed by atoms with Crippen LogP contribution in [0.1, 0.15) is 22.7 Å². The van der Waals surface area contributed by atoms with E-state index in [-0.39, 0.29) is 5.75 Å². The average molecular weight is 289 g/mol. The first kappa shape index (κ1) is 14.8. The van der Waals surface area contributed by atoms with Gasteiger partial charge in [0.05, 0.1) is 10.6 Å². The predicted molar refractivity (Wildman–Crippen MR) is 81.3 cm³/mol. The highest BCUT2D eigenvalue weighted by molar-refractivity contribution is 7.91. The molecular weight excluding hydrogens is 270 g/mol. The lowest BCUT2D eigenvalue weighted by Gasteiger charge is -2.14. The fraction of sp³-hybridized carbons (Fsp3) is 0.250. The van der Waals surface area contributed by atoms with Gasteiger partial charge in [0.2, 0.25) is 0 Å². The molecule has 0 radical (unpaired) electrons. The molecule has 0 bridgehead atoms. The number of rotatable bonds is 4. The van der Waals surface area contributed by atoms with E-state index in [0.29, 0.717) is 4.90 Å². The molecule has 4 heteroatoms. The summed E-state index contributed by atoms with van der Waals surface area (Å²) in [6.07, 6.45) is 0. The Morgan fingerprint density at radius 2 is 1.70 bits per heavy atom. The van der Waals surface area contributed by atoms with Crippen LogP contribution in [0.25, 0.3) is 0 Å². The van der Waals surface area contributed by atoms with Gasteiger partial charge < -0.3 is 5.73 Å². The molecule has 0 amide bonds. The van der Waals surface area contributed by atoms with Gasteiger partial charge in [-0.05, 0) is 31.0 Å². The minimum atomic E-state index is -3.38. The molecule has 0 saturated heterocycles. The van der Waals surface area contributed by atoms with Crippen molar-refractivity contribution >= 4 is 9.84 Å². The first-order chi connectivity index (χ1) is 9.40. The molecule has 0 aromatic heterocycles. The van der Waals surface area contributed by atoms with Crippen molar-refractivity contribution in [2.24, 2.45) is 5.73 Å². The van der Waals surface area contributed by atoms with Gasteiger partial charge in [-0.1, -0.05) is 48.0 Å². The summed E-state index contributed by atoms with van der Waals surface area (Å²) in [5.41, 5.74) is 8.67. The molecule has 1 atom stereocenters. The molecule has 106 valence electrons. The first-order valence-corrected chi connectivity index (χ1v) is 8.16. The largest absolute Gasteiger partial charge is 0.323 e. The van der Waals surface area contributed by atoms with Gasteiger partial charge in [-0.3, -0.25) is 0 Å². The van der Waals surface area contributed by atoms with E-state index in [9.17, 15) is 8.42 Å². The second-order valence-electron chi connectivity index (χ2n) is 5.07. The molecule has 0 fully saturated rings. The van der Waals surface area contributed by atoms with E-state index in [2.05, 4.69) is 0 Å². The summed E-state index contributed by atoms with van der Waals surface area (Å²) in [5.74, 6) is -0.0824. The molecule has 20 heavy (non-hydrogen) atoms. The Bertz CT molecular complexity index is 694. The summed E-state index contributed by atoms with van der Waals surface area (Å²) in [6.45, 7) is 3.76. The molecule has 2 N–H and O–H groups in total. The molecule has 1 unspecified atom stereocenters. The van der Waals surface area contributed by atoms with Crippen LogP contribution < -0.4 is 5.73 Å². The molecular formula is C16H19NO2S. The Morgan fingerprint density at radius 1 is 1.05 bits per heavy atom. The van der Waals surface area contributed by atoms with Gasteiger partial charge in [0.25, 0.3) is 0 Å². The van der Waals surface area contributed by atoms with Crippen LogP contribution in [0, 0.1) is 13.8 Å². The van der Waals surface area contributed by atoms with Crippen molar-refractivity contribution in [2.75, 3.05) is 5.75 Å². The van der Waals surface area contributed by atoms with Crippen LogP contribution in [0.2, 0.25) is 0 Å². The Balaban J connectivity index is 2.28. The Hall–Kier alpha value is -1.65. The van der Waals surface area contributed by atoms with Gasteiger partial charge in [-0.2, -0.15) is 0 Å². The van der Waals surface area contributed by atoms with E-state index in [4.69, 9.17) is 5.73 Å². The summed E-state index contributed by atoms with van der Waals surface area (Å²) in [6, 6.07) is 14.1. The van der Waals surface area contributed by atoms with E-state index in [0.717, 1.165) is 16.7 Å². The van der Waals surface area contributed by atoms with Crippen LogP contribution in [0.4, 0.5) is 0 Å². The monoisotopic (exact) mass is 289 g/mol. The minimum Gasteiger partial charge on any atom is -0.323 e. The second kappa shape index (κ2) is 5.77. The molecule has 2 aromatic carbocycles. The SMILES string of the molecule is Cc1ccc(S(=O)(=O)CC(N)c2ccccc2)c(C)c1. The van der Waals surface area contributed by atoms with Gasteiger partial charge in [-0.15, -0.1) is 0 Å². The molecule has 0 spiro atoms. The molecule has 0 aliphatic heterocycles. The van der Waals surface area contributed by atoms with E-state index in [1.54, 1.807) is 6.07 Å². The topological polar surface area (TPSA) is 60.2 Å². The number of hydrogen-bond donors (Lipinski definition) is 1. The molecule has 3 nitrogen and oxygen atoms in total. The quantitative estimate of drug-likeness (QED) is 0.941. The standard InChI is InChI=1S/C16H19NO2S/c1-12-8-9-16(13(2)10-12)20(18,19)11-15(17)14-6-4-3-5-7-14/h3-10,15H,11,17H2,1-2H3. The van der Waals surface area contributed by atoms with E-state index < -0.39 is 15.9 Å². The number of nitrogens with two attached hydrogens (primary N) is 1. The van der Waals surface area contributed by atoms with Gasteiger partial charge in [-0.25, -0.2) is 8.42 Å². The zero-order chi connectivity index (χ0) is 14.8. The summed E-state index contributed by atoms with van der Waals surface area (Å²) >= 11 is 0.